The number of Topliss-reactive ketones (excluding diaryl/α,β-unsaturated/α-hetero) is 1. The lowest BCUT2D eigenvalue weighted by Gasteiger charge is -2.25. The summed E-state index contributed by atoms with van der Waals surface area (Å²) in [5.41, 5.74) is 0. The Morgan fingerprint density at radius 2 is 1.70 bits per heavy atom. The lowest BCUT2D eigenvalue weighted by atomic mass is 10.0. The second kappa shape index (κ2) is 9.88. The van der Waals surface area contributed by atoms with Crippen LogP contribution in [0.25, 0.3) is 0 Å². The number of amides is 1. The van der Waals surface area contributed by atoms with Crippen molar-refractivity contribution in [2.45, 2.75) is 40.2 Å². The zero-order valence-corrected chi connectivity index (χ0v) is 13.9. The summed E-state index contributed by atoms with van der Waals surface area (Å²) in [4.78, 5) is 27.8. The van der Waals surface area contributed by atoms with Crippen LogP contribution in [0, 0.1) is 5.92 Å². The maximum atomic E-state index is 12.1. The van der Waals surface area contributed by atoms with Gasteiger partial charge in [-0.3, -0.25) is 14.5 Å². The van der Waals surface area contributed by atoms with E-state index in [0.717, 1.165) is 26.1 Å². The molecule has 1 atom stereocenters. The number of ketones is 1. The van der Waals surface area contributed by atoms with E-state index in [4.69, 9.17) is 0 Å². The third-order valence-electron chi connectivity index (χ3n) is 3.19. The van der Waals surface area contributed by atoms with Crippen LogP contribution in [-0.2, 0) is 9.59 Å². The average molecular weight is 285 g/mol. The van der Waals surface area contributed by atoms with Gasteiger partial charge in [-0.2, -0.15) is 0 Å². The molecule has 0 saturated carbocycles. The fourth-order valence-corrected chi connectivity index (χ4v) is 2.09. The Morgan fingerprint density at radius 3 is 2.10 bits per heavy atom. The molecule has 0 aromatic heterocycles. The number of likely N-dealkylation sites (N-methyl/N-ethyl adjacent to an activating group) is 1. The van der Waals surface area contributed by atoms with Gasteiger partial charge in [-0.15, -0.1) is 0 Å². The second-order valence-corrected chi connectivity index (χ2v) is 5.98. The maximum Gasteiger partial charge on any atom is 0.234 e. The molecule has 0 fully saturated rings. The minimum absolute atomic E-state index is 0.0173. The van der Waals surface area contributed by atoms with Gasteiger partial charge in [-0.1, -0.05) is 20.8 Å². The van der Waals surface area contributed by atoms with Crippen LogP contribution in [0.3, 0.4) is 0 Å². The summed E-state index contributed by atoms with van der Waals surface area (Å²) < 4.78 is 0. The van der Waals surface area contributed by atoms with Gasteiger partial charge in [-0.05, 0) is 39.9 Å². The van der Waals surface area contributed by atoms with Crippen LogP contribution in [0.2, 0.25) is 0 Å². The third kappa shape index (κ3) is 8.27. The van der Waals surface area contributed by atoms with Crippen LogP contribution in [0.15, 0.2) is 0 Å². The quantitative estimate of drug-likeness (QED) is 0.650. The molecule has 20 heavy (non-hydrogen) atoms. The molecule has 0 aromatic rings. The minimum atomic E-state index is -0.375. The van der Waals surface area contributed by atoms with Gasteiger partial charge in [0, 0.05) is 13.1 Å². The van der Waals surface area contributed by atoms with Gasteiger partial charge >= 0.3 is 0 Å². The van der Waals surface area contributed by atoms with Gasteiger partial charge in [0.2, 0.25) is 5.91 Å². The summed E-state index contributed by atoms with van der Waals surface area (Å²) in [7, 11) is 4.05. The zero-order chi connectivity index (χ0) is 15.7. The third-order valence-corrected chi connectivity index (χ3v) is 3.19. The van der Waals surface area contributed by atoms with Gasteiger partial charge in [0.05, 0.1) is 12.6 Å². The monoisotopic (exact) mass is 285 g/mol. The van der Waals surface area contributed by atoms with Gasteiger partial charge < -0.3 is 10.2 Å². The van der Waals surface area contributed by atoms with Gasteiger partial charge in [0.25, 0.3) is 0 Å². The molecule has 0 rings (SSSR count). The van der Waals surface area contributed by atoms with Gasteiger partial charge in [0.1, 0.15) is 0 Å². The van der Waals surface area contributed by atoms with Gasteiger partial charge in [0.15, 0.2) is 5.78 Å². The van der Waals surface area contributed by atoms with E-state index in [1.807, 2.05) is 27.9 Å². The van der Waals surface area contributed by atoms with Crippen molar-refractivity contribution >= 4 is 11.7 Å². The SMILES string of the molecule is CCCN(CCN(C)C)CC(=O)NC(C(C)=O)C(C)C. The lowest BCUT2D eigenvalue weighted by molar-refractivity contribution is -0.128. The number of carbonyl (C=O) groups excluding carboxylic acids is 2. The molecule has 0 aliphatic rings. The highest BCUT2D eigenvalue weighted by Gasteiger charge is 2.21. The largest absolute Gasteiger partial charge is 0.345 e. The van der Waals surface area contributed by atoms with Crippen LogP contribution in [0.4, 0.5) is 0 Å². The van der Waals surface area contributed by atoms with Crippen molar-refractivity contribution in [1.29, 1.82) is 0 Å². The van der Waals surface area contributed by atoms with Crippen LogP contribution in [-0.4, -0.2) is 67.8 Å². The topological polar surface area (TPSA) is 52.6 Å². The van der Waals surface area contributed by atoms with Crippen LogP contribution < -0.4 is 5.32 Å². The van der Waals surface area contributed by atoms with Crippen LogP contribution in [0.5, 0.6) is 0 Å². The number of rotatable bonds is 10. The maximum absolute atomic E-state index is 12.1. The van der Waals surface area contributed by atoms with Crippen molar-refractivity contribution in [2.75, 3.05) is 40.3 Å². The highest BCUT2D eigenvalue weighted by molar-refractivity contribution is 5.88. The van der Waals surface area contributed by atoms with E-state index in [1.54, 1.807) is 0 Å². The van der Waals surface area contributed by atoms with Crippen molar-refractivity contribution in [3.8, 4) is 0 Å². The second-order valence-electron chi connectivity index (χ2n) is 5.98. The summed E-state index contributed by atoms with van der Waals surface area (Å²) >= 11 is 0. The predicted octanol–water partition coefficient (Wildman–Crippen LogP) is 0.990. The van der Waals surface area contributed by atoms with E-state index in [0.29, 0.717) is 6.54 Å². The zero-order valence-electron chi connectivity index (χ0n) is 13.9. The van der Waals surface area contributed by atoms with Crippen LogP contribution >= 0.6 is 0 Å². The molecule has 1 N–H and O–H groups in total. The molecule has 1 unspecified atom stereocenters. The fourth-order valence-electron chi connectivity index (χ4n) is 2.09. The van der Waals surface area contributed by atoms with Crippen LogP contribution in [0.1, 0.15) is 34.1 Å². The Hall–Kier alpha value is -0.940. The van der Waals surface area contributed by atoms with E-state index in [-0.39, 0.29) is 23.7 Å². The van der Waals surface area contributed by atoms with Crippen molar-refractivity contribution < 1.29 is 9.59 Å². The molecule has 0 aliphatic heterocycles. The Balaban J connectivity index is 4.39. The summed E-state index contributed by atoms with van der Waals surface area (Å²) in [5, 5.41) is 2.85. The normalized spacial score (nSPS) is 13.1. The molecule has 0 aliphatic carbocycles. The molecule has 0 saturated heterocycles. The smallest absolute Gasteiger partial charge is 0.234 e. The highest BCUT2D eigenvalue weighted by Crippen LogP contribution is 2.03. The molecule has 0 spiro atoms. The number of nitrogens with one attached hydrogen (secondary N) is 1. The van der Waals surface area contributed by atoms with E-state index in [2.05, 4.69) is 22.0 Å². The predicted molar refractivity (Wildman–Crippen MR) is 82.7 cm³/mol. The Morgan fingerprint density at radius 1 is 1.10 bits per heavy atom. The fraction of sp³-hybridized carbons (Fsp3) is 0.867. The number of hydrogen-bond acceptors (Lipinski definition) is 4. The minimum Gasteiger partial charge on any atom is -0.345 e. The number of hydrogen-bond donors (Lipinski definition) is 1. The molecule has 0 bridgehead atoms. The molecule has 5 heteroatoms. The van der Waals surface area contributed by atoms with E-state index in [9.17, 15) is 9.59 Å². The summed E-state index contributed by atoms with van der Waals surface area (Å²) in [6.45, 7) is 10.6. The molecular weight excluding hydrogens is 254 g/mol. The first-order chi connectivity index (χ1) is 9.27. The van der Waals surface area contributed by atoms with E-state index >= 15 is 0 Å². The average Bonchev–Trinajstić information content (AvgIpc) is 2.32. The molecule has 5 nitrogen and oxygen atoms in total. The Bertz CT molecular complexity index is 303. The van der Waals surface area contributed by atoms with Gasteiger partial charge in [-0.25, -0.2) is 0 Å². The molecular formula is C15H31N3O2. The standard InChI is InChI=1S/C15H31N3O2/c1-7-8-18(10-9-17(5)6)11-14(20)16-15(12(2)3)13(4)19/h12,15H,7-11H2,1-6H3,(H,16,20). The first-order valence-corrected chi connectivity index (χ1v) is 7.44. The van der Waals surface area contributed by atoms with E-state index < -0.39 is 0 Å². The number of nitrogens with zero attached hydrogens (tertiary/aromatic N) is 2. The molecule has 118 valence electrons. The highest BCUT2D eigenvalue weighted by atomic mass is 16.2. The summed E-state index contributed by atoms with van der Waals surface area (Å²) in [6, 6.07) is -0.375. The van der Waals surface area contributed by atoms with Crippen molar-refractivity contribution in [3.63, 3.8) is 0 Å². The molecule has 1 amide bonds. The first-order valence-electron chi connectivity index (χ1n) is 7.44. The number of carbonyl (C=O) groups is 2. The summed E-state index contributed by atoms with van der Waals surface area (Å²) in [5.74, 6) is 0.0765. The van der Waals surface area contributed by atoms with Crippen molar-refractivity contribution in [2.24, 2.45) is 5.92 Å². The molecule has 0 radical (unpaired) electrons. The van der Waals surface area contributed by atoms with E-state index in [1.165, 1.54) is 6.92 Å². The Kier molecular flexibility index (Phi) is 9.42. The molecule has 0 heterocycles. The first kappa shape index (κ1) is 19.1. The lowest BCUT2D eigenvalue weighted by Crippen LogP contribution is -2.48. The Labute approximate surface area is 123 Å². The van der Waals surface area contributed by atoms with Crippen molar-refractivity contribution in [1.82, 2.24) is 15.1 Å². The molecule has 0 aromatic carbocycles. The van der Waals surface area contributed by atoms with Crippen molar-refractivity contribution in [3.05, 3.63) is 0 Å². The summed E-state index contributed by atoms with van der Waals surface area (Å²) in [6.07, 6.45) is 1.01.